The topological polar surface area (TPSA) is 84.0 Å². The summed E-state index contributed by atoms with van der Waals surface area (Å²) >= 11 is 0. The zero-order chi connectivity index (χ0) is 32.0. The second-order valence-electron chi connectivity index (χ2n) is 13.0. The molecular formula is C40H30N2O5. The lowest BCUT2D eigenvalue weighted by Gasteiger charge is -2.45. The molecule has 230 valence electrons. The fourth-order valence-corrected chi connectivity index (χ4v) is 8.60. The van der Waals surface area contributed by atoms with Crippen molar-refractivity contribution in [2.45, 2.75) is 25.2 Å². The molecule has 7 nitrogen and oxygen atoms in total. The number of esters is 1. The molecule has 2 aliphatic heterocycles. The molecule has 3 aliphatic carbocycles. The summed E-state index contributed by atoms with van der Waals surface area (Å²) in [5.74, 6) is -2.61. The van der Waals surface area contributed by atoms with Crippen molar-refractivity contribution in [3.63, 3.8) is 0 Å². The van der Waals surface area contributed by atoms with Crippen molar-refractivity contribution in [3.8, 4) is 5.75 Å². The van der Waals surface area contributed by atoms with Crippen LogP contribution in [0.1, 0.15) is 46.1 Å². The van der Waals surface area contributed by atoms with Crippen LogP contribution in [0.2, 0.25) is 0 Å². The molecule has 7 heteroatoms. The fourth-order valence-electron chi connectivity index (χ4n) is 8.60. The van der Waals surface area contributed by atoms with Crippen molar-refractivity contribution in [2.24, 2.45) is 17.8 Å². The van der Waals surface area contributed by atoms with E-state index in [-0.39, 0.29) is 42.5 Å². The molecule has 2 heterocycles. The summed E-state index contributed by atoms with van der Waals surface area (Å²) in [5, 5.41) is 1.98. The van der Waals surface area contributed by atoms with Gasteiger partial charge in [0.2, 0.25) is 17.7 Å². The van der Waals surface area contributed by atoms with E-state index in [2.05, 4.69) is 24.3 Å². The van der Waals surface area contributed by atoms with Crippen LogP contribution >= 0.6 is 0 Å². The zero-order valence-corrected chi connectivity index (χ0v) is 25.6. The second kappa shape index (κ2) is 10.2. The first-order chi connectivity index (χ1) is 22.9. The van der Waals surface area contributed by atoms with E-state index >= 15 is 0 Å². The molecule has 5 aromatic rings. The van der Waals surface area contributed by atoms with Gasteiger partial charge in [-0.3, -0.25) is 19.2 Å². The summed E-state index contributed by atoms with van der Waals surface area (Å²) in [6, 6.07) is 35.0. The number of carbonyl (C=O) groups excluding carboxylic acids is 4. The van der Waals surface area contributed by atoms with Gasteiger partial charge in [-0.15, -0.1) is 0 Å². The Hall–Kier alpha value is -5.56. The molecule has 0 saturated carbocycles. The molecule has 10 rings (SSSR count). The largest absolute Gasteiger partial charge is 0.426 e. The number of amides is 3. The molecule has 3 atom stereocenters. The van der Waals surface area contributed by atoms with Gasteiger partial charge < -0.3 is 9.64 Å². The molecule has 47 heavy (non-hydrogen) atoms. The Morgan fingerprint density at radius 2 is 1.26 bits per heavy atom. The van der Waals surface area contributed by atoms with E-state index in [9.17, 15) is 19.2 Å². The number of nitrogens with zero attached hydrogens (tertiary/aromatic N) is 2. The standard InChI is InChI=1S/C40H30N2O5/c1-22-19-25(47-40(46)24-20-33(43)41(21-24)32-16-8-10-23-9-2-3-11-26(23)32)17-18-31(22)42-38(44)36-34-27-12-4-5-13-28(27)35(37(36)39(42)45)30-15-7-6-14-29(30)34/h2-19,24,34-37H,20-21H2,1H3/t24-,34?,35?,36-,37-/m1/s1. The lowest BCUT2D eigenvalue weighted by atomic mass is 9.55. The van der Waals surface area contributed by atoms with Crippen LogP contribution in [0.25, 0.3) is 10.8 Å². The van der Waals surface area contributed by atoms with Crippen molar-refractivity contribution < 1.29 is 23.9 Å². The van der Waals surface area contributed by atoms with Gasteiger partial charge in [0.15, 0.2) is 0 Å². The number of carbonyl (C=O) groups is 4. The van der Waals surface area contributed by atoms with Gasteiger partial charge >= 0.3 is 5.97 Å². The molecule has 0 spiro atoms. The minimum absolute atomic E-state index is 0.0613. The third-order valence-electron chi connectivity index (χ3n) is 10.6. The Kier molecular flexibility index (Phi) is 6.03. The first-order valence-electron chi connectivity index (χ1n) is 16.1. The summed E-state index contributed by atoms with van der Waals surface area (Å²) < 4.78 is 5.79. The van der Waals surface area contributed by atoms with Gasteiger partial charge in [0, 0.05) is 30.2 Å². The maximum absolute atomic E-state index is 14.2. The van der Waals surface area contributed by atoms with E-state index in [1.54, 1.807) is 23.1 Å². The van der Waals surface area contributed by atoms with Gasteiger partial charge in [0.05, 0.1) is 29.1 Å². The normalized spacial score (nSPS) is 24.0. The number of hydrogen-bond donors (Lipinski definition) is 0. The highest BCUT2D eigenvalue weighted by molar-refractivity contribution is 6.23. The Morgan fingerprint density at radius 1 is 0.681 bits per heavy atom. The van der Waals surface area contributed by atoms with Crippen LogP contribution in [0.15, 0.2) is 109 Å². The summed E-state index contributed by atoms with van der Waals surface area (Å²) in [5.41, 5.74) is 6.45. The number of aryl methyl sites for hydroxylation is 1. The maximum Gasteiger partial charge on any atom is 0.316 e. The van der Waals surface area contributed by atoms with Crippen molar-refractivity contribution in [1.29, 1.82) is 0 Å². The molecule has 0 N–H and O–H groups in total. The number of imide groups is 1. The predicted molar refractivity (Wildman–Crippen MR) is 177 cm³/mol. The van der Waals surface area contributed by atoms with Crippen LogP contribution in [0.4, 0.5) is 11.4 Å². The van der Waals surface area contributed by atoms with E-state index < -0.39 is 23.7 Å². The molecule has 0 aromatic heterocycles. The molecule has 0 radical (unpaired) electrons. The van der Waals surface area contributed by atoms with Crippen LogP contribution in [-0.2, 0) is 19.2 Å². The second-order valence-corrected chi connectivity index (χ2v) is 13.0. The molecule has 5 aliphatic rings. The highest BCUT2D eigenvalue weighted by atomic mass is 16.5. The number of ether oxygens (including phenoxy) is 1. The van der Waals surface area contributed by atoms with E-state index in [1.165, 1.54) is 4.90 Å². The first kappa shape index (κ1) is 27.7. The van der Waals surface area contributed by atoms with Crippen LogP contribution in [-0.4, -0.2) is 30.2 Å². The highest BCUT2D eigenvalue weighted by Crippen LogP contribution is 2.61. The van der Waals surface area contributed by atoms with Crippen molar-refractivity contribution >= 4 is 45.8 Å². The quantitative estimate of drug-likeness (QED) is 0.130. The molecule has 3 amide bonds. The summed E-state index contributed by atoms with van der Waals surface area (Å²) in [4.78, 5) is 57.7. The SMILES string of the molecule is Cc1cc(OC(=O)[C@@H]2CC(=O)N(c3cccc4ccccc34)C2)ccc1N1C(=O)[C@@H]2C3c4ccccc4C(c4ccccc43)[C@H]2C1=O. The van der Waals surface area contributed by atoms with E-state index in [0.29, 0.717) is 17.0 Å². The Balaban J connectivity index is 0.967. The Morgan fingerprint density at radius 3 is 1.87 bits per heavy atom. The minimum Gasteiger partial charge on any atom is -0.426 e. The number of hydrogen-bond acceptors (Lipinski definition) is 5. The molecule has 2 bridgehead atoms. The Labute approximate surface area is 271 Å². The van der Waals surface area contributed by atoms with Gasteiger partial charge in [0.1, 0.15) is 5.75 Å². The van der Waals surface area contributed by atoms with Gasteiger partial charge in [-0.1, -0.05) is 84.9 Å². The monoisotopic (exact) mass is 618 g/mol. The molecule has 2 saturated heterocycles. The minimum atomic E-state index is -0.620. The molecule has 5 aromatic carbocycles. The average molecular weight is 619 g/mol. The van der Waals surface area contributed by atoms with Gasteiger partial charge in [-0.05, 0) is 64.4 Å². The lowest BCUT2D eigenvalue weighted by molar-refractivity contribution is -0.139. The molecule has 0 unspecified atom stereocenters. The van der Waals surface area contributed by atoms with Gasteiger partial charge in [0.25, 0.3) is 0 Å². The summed E-state index contributed by atoms with van der Waals surface area (Å²) in [6.07, 6.45) is 0.0613. The van der Waals surface area contributed by atoms with Crippen LogP contribution in [0.3, 0.4) is 0 Å². The maximum atomic E-state index is 14.2. The van der Waals surface area contributed by atoms with Gasteiger partial charge in [-0.2, -0.15) is 0 Å². The van der Waals surface area contributed by atoms with Crippen LogP contribution in [0, 0.1) is 24.7 Å². The third kappa shape index (κ3) is 3.99. The van der Waals surface area contributed by atoms with Crippen molar-refractivity contribution in [2.75, 3.05) is 16.3 Å². The third-order valence-corrected chi connectivity index (χ3v) is 10.6. The smallest absolute Gasteiger partial charge is 0.316 e. The average Bonchev–Trinajstić information content (AvgIpc) is 3.61. The lowest BCUT2D eigenvalue weighted by Crippen LogP contribution is -2.41. The fraction of sp³-hybridized carbons (Fsp3) is 0.200. The van der Waals surface area contributed by atoms with Gasteiger partial charge in [-0.25, -0.2) is 4.90 Å². The number of benzene rings is 5. The first-order valence-corrected chi connectivity index (χ1v) is 16.1. The van der Waals surface area contributed by atoms with Crippen molar-refractivity contribution in [1.82, 2.24) is 0 Å². The summed E-state index contributed by atoms with van der Waals surface area (Å²) in [7, 11) is 0. The van der Waals surface area contributed by atoms with E-state index in [0.717, 1.165) is 38.7 Å². The summed E-state index contributed by atoms with van der Waals surface area (Å²) in [6.45, 7) is 2.05. The number of rotatable bonds is 4. The molecule has 2 fully saturated rings. The number of anilines is 2. The van der Waals surface area contributed by atoms with Crippen LogP contribution < -0.4 is 14.5 Å². The van der Waals surface area contributed by atoms with Crippen LogP contribution in [0.5, 0.6) is 5.75 Å². The van der Waals surface area contributed by atoms with Crippen molar-refractivity contribution in [3.05, 3.63) is 137 Å². The number of fused-ring (bicyclic) bond motifs is 1. The Bertz CT molecular complexity index is 2070. The van der Waals surface area contributed by atoms with E-state index in [4.69, 9.17) is 4.74 Å². The highest BCUT2D eigenvalue weighted by Gasteiger charge is 2.61. The predicted octanol–water partition coefficient (Wildman–Crippen LogP) is 6.50. The zero-order valence-electron chi connectivity index (χ0n) is 25.6. The van der Waals surface area contributed by atoms with E-state index in [1.807, 2.05) is 73.7 Å². The molecular weight excluding hydrogens is 588 g/mol.